The lowest BCUT2D eigenvalue weighted by atomic mass is 9.86. The van der Waals surface area contributed by atoms with E-state index in [9.17, 15) is 9.59 Å². The predicted molar refractivity (Wildman–Crippen MR) is 72.7 cm³/mol. The van der Waals surface area contributed by atoms with Gasteiger partial charge in [-0.25, -0.2) is 4.79 Å². The Morgan fingerprint density at radius 1 is 1.43 bits per heavy atom. The third-order valence-electron chi connectivity index (χ3n) is 3.55. The molecular weight excluding hydrogens is 276 g/mol. The highest BCUT2D eigenvalue weighted by atomic mass is 16.5. The van der Waals surface area contributed by atoms with Crippen LogP contribution in [0.3, 0.4) is 0 Å². The summed E-state index contributed by atoms with van der Waals surface area (Å²) in [6.07, 6.45) is 3.29. The number of hydrogen-bond donors (Lipinski definition) is 3. The summed E-state index contributed by atoms with van der Waals surface area (Å²) in [5.41, 5.74) is 0. The molecule has 1 fully saturated rings. The number of aliphatic carboxylic acids is 1. The highest BCUT2D eigenvalue weighted by molar-refractivity contribution is 5.74. The van der Waals surface area contributed by atoms with Crippen LogP contribution in [0.5, 0.6) is 0 Å². The Balaban J connectivity index is 1.68. The van der Waals surface area contributed by atoms with Crippen LogP contribution in [-0.4, -0.2) is 39.8 Å². The van der Waals surface area contributed by atoms with E-state index in [4.69, 9.17) is 9.63 Å². The molecule has 3 N–H and O–H groups in total. The highest BCUT2D eigenvalue weighted by Gasteiger charge is 2.27. The molecule has 1 aliphatic carbocycles. The maximum absolute atomic E-state index is 11.7. The first-order chi connectivity index (χ1) is 10.0. The van der Waals surface area contributed by atoms with Crippen molar-refractivity contribution in [3.63, 3.8) is 0 Å². The number of urea groups is 1. The molecule has 0 radical (unpaired) electrons. The average molecular weight is 296 g/mol. The van der Waals surface area contributed by atoms with Crippen molar-refractivity contribution >= 4 is 12.0 Å². The van der Waals surface area contributed by atoms with Crippen molar-refractivity contribution in [3.8, 4) is 0 Å². The smallest absolute Gasteiger partial charge is 0.315 e. The molecule has 0 aliphatic heterocycles. The number of amides is 2. The van der Waals surface area contributed by atoms with E-state index in [1.54, 1.807) is 6.92 Å². The molecule has 8 nitrogen and oxygen atoms in total. The number of nitrogens with one attached hydrogen (secondary N) is 2. The molecule has 8 heteroatoms. The number of nitrogens with zero attached hydrogens (tertiary/aromatic N) is 2. The molecule has 2 rings (SSSR count). The van der Waals surface area contributed by atoms with Crippen molar-refractivity contribution in [2.45, 2.75) is 45.1 Å². The number of carbonyl (C=O) groups is 2. The van der Waals surface area contributed by atoms with E-state index >= 15 is 0 Å². The number of aromatic nitrogens is 2. The molecule has 1 saturated carbocycles. The van der Waals surface area contributed by atoms with Crippen LogP contribution >= 0.6 is 0 Å². The Hall–Kier alpha value is -2.12. The molecule has 0 saturated heterocycles. The number of rotatable bonds is 5. The van der Waals surface area contributed by atoms with E-state index in [2.05, 4.69) is 20.8 Å². The van der Waals surface area contributed by atoms with Crippen molar-refractivity contribution in [2.75, 3.05) is 6.54 Å². The Morgan fingerprint density at radius 3 is 2.90 bits per heavy atom. The van der Waals surface area contributed by atoms with E-state index in [-0.39, 0.29) is 18.0 Å². The molecule has 1 aromatic heterocycles. The van der Waals surface area contributed by atoms with E-state index in [0.29, 0.717) is 37.5 Å². The summed E-state index contributed by atoms with van der Waals surface area (Å²) >= 11 is 0. The topological polar surface area (TPSA) is 117 Å². The van der Waals surface area contributed by atoms with Crippen molar-refractivity contribution in [1.29, 1.82) is 0 Å². The van der Waals surface area contributed by atoms with E-state index in [1.165, 1.54) is 0 Å². The Labute approximate surface area is 122 Å². The summed E-state index contributed by atoms with van der Waals surface area (Å²) in [4.78, 5) is 26.7. The van der Waals surface area contributed by atoms with Gasteiger partial charge < -0.3 is 20.3 Å². The fourth-order valence-corrected chi connectivity index (χ4v) is 2.51. The molecule has 0 aromatic carbocycles. The van der Waals surface area contributed by atoms with Crippen molar-refractivity contribution in [3.05, 3.63) is 11.7 Å². The molecule has 2 atom stereocenters. The quantitative estimate of drug-likeness (QED) is 0.742. The van der Waals surface area contributed by atoms with Gasteiger partial charge in [-0.2, -0.15) is 4.98 Å². The lowest BCUT2D eigenvalue weighted by Gasteiger charge is -2.27. The van der Waals surface area contributed by atoms with Crippen LogP contribution in [0.15, 0.2) is 4.52 Å². The number of carbonyl (C=O) groups excluding carboxylic acids is 1. The summed E-state index contributed by atoms with van der Waals surface area (Å²) in [5, 5.41) is 18.2. The minimum Gasteiger partial charge on any atom is -0.481 e. The molecule has 0 bridgehead atoms. The number of hydrogen-bond acceptors (Lipinski definition) is 5. The van der Waals surface area contributed by atoms with Gasteiger partial charge in [0.25, 0.3) is 0 Å². The van der Waals surface area contributed by atoms with Gasteiger partial charge in [-0.05, 0) is 26.2 Å². The minimum atomic E-state index is -0.784. The zero-order valence-corrected chi connectivity index (χ0v) is 12.0. The fraction of sp³-hybridized carbons (Fsp3) is 0.692. The van der Waals surface area contributed by atoms with Gasteiger partial charge in [0.1, 0.15) is 0 Å². The Bertz CT molecular complexity index is 502. The average Bonchev–Trinajstić information content (AvgIpc) is 2.84. The van der Waals surface area contributed by atoms with Gasteiger partial charge in [0.15, 0.2) is 5.82 Å². The summed E-state index contributed by atoms with van der Waals surface area (Å²) < 4.78 is 4.94. The van der Waals surface area contributed by atoms with E-state index in [0.717, 1.165) is 12.8 Å². The molecule has 1 heterocycles. The van der Waals surface area contributed by atoms with Gasteiger partial charge in [-0.15, -0.1) is 0 Å². The van der Waals surface area contributed by atoms with Crippen LogP contribution in [-0.2, 0) is 11.2 Å². The lowest BCUT2D eigenvalue weighted by Crippen LogP contribution is -2.45. The normalized spacial score (nSPS) is 21.8. The fourth-order valence-electron chi connectivity index (χ4n) is 2.51. The summed E-state index contributed by atoms with van der Waals surface area (Å²) in [6.45, 7) is 2.12. The SMILES string of the molecule is Cc1noc(CCNC(=O)NC2CCCC(C(=O)O)C2)n1. The van der Waals surface area contributed by atoms with E-state index in [1.807, 2.05) is 0 Å². The van der Waals surface area contributed by atoms with Crippen LogP contribution in [0.4, 0.5) is 4.79 Å². The third kappa shape index (κ3) is 4.73. The zero-order valence-electron chi connectivity index (χ0n) is 12.0. The summed E-state index contributed by atoms with van der Waals surface area (Å²) in [7, 11) is 0. The first-order valence-corrected chi connectivity index (χ1v) is 7.11. The first kappa shape index (κ1) is 15.3. The molecule has 1 aromatic rings. The summed E-state index contributed by atoms with van der Waals surface area (Å²) in [6, 6.07) is -0.368. The second-order valence-electron chi connectivity index (χ2n) is 5.28. The number of carboxylic acid groups (broad SMARTS) is 1. The monoisotopic (exact) mass is 296 g/mol. The van der Waals surface area contributed by atoms with Gasteiger partial charge >= 0.3 is 12.0 Å². The number of aryl methyl sites for hydroxylation is 1. The third-order valence-corrected chi connectivity index (χ3v) is 3.55. The second kappa shape index (κ2) is 7.05. The molecule has 21 heavy (non-hydrogen) atoms. The van der Waals surface area contributed by atoms with Crippen LogP contribution < -0.4 is 10.6 Å². The van der Waals surface area contributed by atoms with Gasteiger partial charge in [-0.3, -0.25) is 4.79 Å². The maximum Gasteiger partial charge on any atom is 0.315 e. The summed E-state index contributed by atoms with van der Waals surface area (Å²) in [5.74, 6) is -0.0909. The number of carboxylic acids is 1. The lowest BCUT2D eigenvalue weighted by molar-refractivity contribution is -0.143. The molecule has 2 unspecified atom stereocenters. The second-order valence-corrected chi connectivity index (χ2v) is 5.28. The van der Waals surface area contributed by atoms with E-state index < -0.39 is 5.97 Å². The largest absolute Gasteiger partial charge is 0.481 e. The minimum absolute atomic E-state index is 0.0782. The van der Waals surface area contributed by atoms with Crippen molar-refractivity contribution in [2.24, 2.45) is 5.92 Å². The van der Waals surface area contributed by atoms with Crippen LogP contribution in [0.25, 0.3) is 0 Å². The Kier molecular flexibility index (Phi) is 5.13. The van der Waals surface area contributed by atoms with Crippen LogP contribution in [0, 0.1) is 12.8 Å². The maximum atomic E-state index is 11.7. The molecule has 0 spiro atoms. The first-order valence-electron chi connectivity index (χ1n) is 7.11. The molecule has 1 aliphatic rings. The standard InChI is InChI=1S/C13H20N4O4/c1-8-15-11(21-17-8)5-6-14-13(20)16-10-4-2-3-9(7-10)12(18)19/h9-10H,2-7H2,1H3,(H,18,19)(H2,14,16,20). The molecule has 116 valence electrons. The molecule has 2 amide bonds. The highest BCUT2D eigenvalue weighted by Crippen LogP contribution is 2.24. The van der Waals surface area contributed by atoms with Gasteiger partial charge in [0.2, 0.25) is 5.89 Å². The van der Waals surface area contributed by atoms with Gasteiger partial charge in [-0.1, -0.05) is 11.6 Å². The predicted octanol–water partition coefficient (Wildman–Crippen LogP) is 0.863. The van der Waals surface area contributed by atoms with Crippen LogP contribution in [0.2, 0.25) is 0 Å². The van der Waals surface area contributed by atoms with Crippen molar-refractivity contribution < 1.29 is 19.2 Å². The van der Waals surface area contributed by atoms with Crippen LogP contribution in [0.1, 0.15) is 37.4 Å². The van der Waals surface area contributed by atoms with Gasteiger partial charge in [0, 0.05) is 19.0 Å². The van der Waals surface area contributed by atoms with Crippen molar-refractivity contribution in [1.82, 2.24) is 20.8 Å². The van der Waals surface area contributed by atoms with Gasteiger partial charge in [0.05, 0.1) is 5.92 Å². The molecular formula is C13H20N4O4. The zero-order chi connectivity index (χ0) is 15.2. The Morgan fingerprint density at radius 2 is 2.24 bits per heavy atom.